The highest BCUT2D eigenvalue weighted by molar-refractivity contribution is 6.03. The zero-order valence-electron chi connectivity index (χ0n) is 16.0. The molecule has 0 aliphatic rings. The number of anilines is 1. The van der Waals surface area contributed by atoms with Crippen molar-refractivity contribution in [3.05, 3.63) is 84.2 Å². The van der Waals surface area contributed by atoms with Crippen LogP contribution in [0.2, 0.25) is 0 Å². The fourth-order valence-corrected chi connectivity index (χ4v) is 2.64. The van der Waals surface area contributed by atoms with Gasteiger partial charge in [0.25, 0.3) is 11.8 Å². The maximum absolute atomic E-state index is 12.6. The molecule has 6 heteroatoms. The summed E-state index contributed by atoms with van der Waals surface area (Å²) in [6, 6.07) is 20.6. The number of amides is 2. The molecule has 1 aromatic heterocycles. The van der Waals surface area contributed by atoms with Crippen LogP contribution in [-0.4, -0.2) is 42.0 Å². The fourth-order valence-electron chi connectivity index (χ4n) is 2.64. The first-order valence-corrected chi connectivity index (χ1v) is 8.96. The van der Waals surface area contributed by atoms with Gasteiger partial charge in [-0.3, -0.25) is 9.59 Å². The van der Waals surface area contributed by atoms with E-state index in [2.05, 4.69) is 5.32 Å². The highest BCUT2D eigenvalue weighted by atomic mass is 16.5. The van der Waals surface area contributed by atoms with Gasteiger partial charge in [0.15, 0.2) is 6.61 Å². The molecular weight excluding hydrogens is 354 g/mol. The van der Waals surface area contributed by atoms with Crippen LogP contribution in [0, 0.1) is 0 Å². The number of ether oxygens (including phenoxy) is 1. The van der Waals surface area contributed by atoms with E-state index in [9.17, 15) is 9.59 Å². The van der Waals surface area contributed by atoms with Gasteiger partial charge in [-0.1, -0.05) is 30.3 Å². The lowest BCUT2D eigenvalue weighted by Crippen LogP contribution is -2.27. The quantitative estimate of drug-likeness (QED) is 0.687. The zero-order chi connectivity index (χ0) is 19.9. The van der Waals surface area contributed by atoms with Crippen molar-refractivity contribution in [1.29, 1.82) is 0 Å². The average molecular weight is 377 g/mol. The van der Waals surface area contributed by atoms with Crippen molar-refractivity contribution in [2.45, 2.75) is 6.54 Å². The Morgan fingerprint density at radius 3 is 2.36 bits per heavy atom. The van der Waals surface area contributed by atoms with Crippen LogP contribution in [0.15, 0.2) is 72.9 Å². The summed E-state index contributed by atoms with van der Waals surface area (Å²) >= 11 is 0. The molecule has 28 heavy (non-hydrogen) atoms. The molecular formula is C22H23N3O3. The minimum Gasteiger partial charge on any atom is -0.484 e. The summed E-state index contributed by atoms with van der Waals surface area (Å²) in [5.41, 5.74) is 2.37. The molecule has 0 aliphatic carbocycles. The molecule has 0 atom stereocenters. The third-order valence-corrected chi connectivity index (χ3v) is 4.23. The first-order valence-electron chi connectivity index (χ1n) is 8.96. The normalized spacial score (nSPS) is 10.4. The number of benzene rings is 2. The molecule has 2 amide bonds. The summed E-state index contributed by atoms with van der Waals surface area (Å²) in [5.74, 6) is 0.273. The Morgan fingerprint density at radius 2 is 1.68 bits per heavy atom. The summed E-state index contributed by atoms with van der Waals surface area (Å²) in [5, 5.41) is 2.89. The molecule has 0 radical (unpaired) electrons. The Hall–Kier alpha value is -3.54. The number of aromatic nitrogens is 1. The van der Waals surface area contributed by atoms with Crippen LogP contribution in [-0.2, 0) is 11.3 Å². The van der Waals surface area contributed by atoms with Gasteiger partial charge in [-0.25, -0.2) is 0 Å². The molecule has 3 rings (SSSR count). The van der Waals surface area contributed by atoms with Crippen molar-refractivity contribution in [2.24, 2.45) is 0 Å². The number of carbonyl (C=O) groups excluding carboxylic acids is 2. The lowest BCUT2D eigenvalue weighted by Gasteiger charge is -2.12. The lowest BCUT2D eigenvalue weighted by molar-refractivity contribution is -0.130. The maximum Gasteiger partial charge on any atom is 0.272 e. The summed E-state index contributed by atoms with van der Waals surface area (Å²) in [6.07, 6.45) is 1.89. The third kappa shape index (κ3) is 5.01. The molecule has 6 nitrogen and oxygen atoms in total. The second kappa shape index (κ2) is 8.90. The number of hydrogen-bond donors (Lipinski definition) is 1. The van der Waals surface area contributed by atoms with Crippen molar-refractivity contribution in [2.75, 3.05) is 26.0 Å². The molecule has 3 aromatic rings. The van der Waals surface area contributed by atoms with E-state index in [0.29, 0.717) is 23.7 Å². The highest BCUT2D eigenvalue weighted by Gasteiger charge is 2.12. The number of carbonyl (C=O) groups is 2. The smallest absolute Gasteiger partial charge is 0.272 e. The number of nitrogens with zero attached hydrogens (tertiary/aromatic N) is 2. The van der Waals surface area contributed by atoms with Gasteiger partial charge >= 0.3 is 0 Å². The standard InChI is InChI=1S/C22H23N3O3/c1-24(2)21(26)16-28-19-12-10-18(11-13-19)23-22(27)20-9-6-14-25(20)15-17-7-4-3-5-8-17/h3-14H,15-16H2,1-2H3,(H,23,27). The molecule has 1 N–H and O–H groups in total. The Morgan fingerprint density at radius 1 is 0.964 bits per heavy atom. The van der Waals surface area contributed by atoms with Gasteiger partial charge in [0.2, 0.25) is 0 Å². The summed E-state index contributed by atoms with van der Waals surface area (Å²) in [7, 11) is 3.36. The van der Waals surface area contributed by atoms with Crippen LogP contribution in [0.5, 0.6) is 5.75 Å². The van der Waals surface area contributed by atoms with E-state index >= 15 is 0 Å². The highest BCUT2D eigenvalue weighted by Crippen LogP contribution is 2.17. The summed E-state index contributed by atoms with van der Waals surface area (Å²) < 4.78 is 7.35. The minimum atomic E-state index is -0.183. The maximum atomic E-state index is 12.6. The number of nitrogens with one attached hydrogen (secondary N) is 1. The molecule has 0 bridgehead atoms. The molecule has 0 aliphatic heterocycles. The molecule has 0 spiro atoms. The molecule has 144 valence electrons. The summed E-state index contributed by atoms with van der Waals surface area (Å²) in [4.78, 5) is 25.7. The van der Waals surface area contributed by atoms with Crippen molar-refractivity contribution in [3.8, 4) is 5.75 Å². The van der Waals surface area contributed by atoms with Gasteiger partial charge in [0.1, 0.15) is 11.4 Å². The van der Waals surface area contributed by atoms with Crippen molar-refractivity contribution >= 4 is 17.5 Å². The van der Waals surface area contributed by atoms with E-state index in [1.54, 1.807) is 44.4 Å². The van der Waals surface area contributed by atoms with E-state index in [1.165, 1.54) is 4.90 Å². The largest absolute Gasteiger partial charge is 0.484 e. The van der Waals surface area contributed by atoms with Gasteiger partial charge in [0, 0.05) is 32.5 Å². The topological polar surface area (TPSA) is 63.6 Å². The second-order valence-electron chi connectivity index (χ2n) is 6.56. The van der Waals surface area contributed by atoms with E-state index in [4.69, 9.17) is 4.74 Å². The first-order chi connectivity index (χ1) is 13.5. The predicted octanol–water partition coefficient (Wildman–Crippen LogP) is 3.26. The zero-order valence-corrected chi connectivity index (χ0v) is 16.0. The number of rotatable bonds is 7. The van der Waals surface area contributed by atoms with Crippen LogP contribution in [0.25, 0.3) is 0 Å². The Kier molecular flexibility index (Phi) is 6.11. The Bertz CT molecular complexity index is 931. The fraction of sp³-hybridized carbons (Fsp3) is 0.182. The van der Waals surface area contributed by atoms with Crippen LogP contribution in [0.4, 0.5) is 5.69 Å². The van der Waals surface area contributed by atoms with Gasteiger partial charge < -0.3 is 19.5 Å². The molecule has 1 heterocycles. The molecule has 2 aromatic carbocycles. The van der Waals surface area contributed by atoms with Gasteiger partial charge in [-0.05, 0) is 42.0 Å². The molecule has 0 unspecified atom stereocenters. The molecule has 0 saturated carbocycles. The van der Waals surface area contributed by atoms with Gasteiger partial charge in [0.05, 0.1) is 0 Å². The lowest BCUT2D eigenvalue weighted by atomic mass is 10.2. The van der Waals surface area contributed by atoms with Gasteiger partial charge in [-0.15, -0.1) is 0 Å². The molecule has 0 saturated heterocycles. The SMILES string of the molecule is CN(C)C(=O)COc1ccc(NC(=O)c2cccn2Cc2ccccc2)cc1. The second-order valence-corrected chi connectivity index (χ2v) is 6.56. The predicted molar refractivity (Wildman–Crippen MR) is 109 cm³/mol. The van der Waals surface area contributed by atoms with Crippen LogP contribution in [0.3, 0.4) is 0 Å². The van der Waals surface area contributed by atoms with Crippen molar-refractivity contribution in [3.63, 3.8) is 0 Å². The van der Waals surface area contributed by atoms with E-state index in [-0.39, 0.29) is 18.4 Å². The van der Waals surface area contributed by atoms with Crippen LogP contribution in [0.1, 0.15) is 16.1 Å². The first kappa shape index (κ1) is 19.2. The van der Waals surface area contributed by atoms with E-state index in [0.717, 1.165) is 5.56 Å². The minimum absolute atomic E-state index is 0.0221. The van der Waals surface area contributed by atoms with Gasteiger partial charge in [-0.2, -0.15) is 0 Å². The van der Waals surface area contributed by atoms with Crippen LogP contribution < -0.4 is 10.1 Å². The summed E-state index contributed by atoms with van der Waals surface area (Å²) in [6.45, 7) is 0.606. The Labute approximate surface area is 164 Å². The Balaban J connectivity index is 1.61. The van der Waals surface area contributed by atoms with Crippen LogP contribution >= 0.6 is 0 Å². The number of hydrogen-bond acceptors (Lipinski definition) is 3. The van der Waals surface area contributed by atoms with E-state index in [1.807, 2.05) is 47.2 Å². The molecule has 0 fully saturated rings. The third-order valence-electron chi connectivity index (χ3n) is 4.23. The monoisotopic (exact) mass is 377 g/mol. The average Bonchev–Trinajstić information content (AvgIpc) is 3.16. The van der Waals surface area contributed by atoms with Crippen molar-refractivity contribution < 1.29 is 14.3 Å². The van der Waals surface area contributed by atoms with Crippen molar-refractivity contribution in [1.82, 2.24) is 9.47 Å². The number of likely N-dealkylation sites (N-methyl/N-ethyl adjacent to an activating group) is 1. The van der Waals surface area contributed by atoms with E-state index < -0.39 is 0 Å².